The van der Waals surface area contributed by atoms with Crippen molar-refractivity contribution in [2.75, 3.05) is 24.2 Å². The molecule has 1 aromatic heterocycles. The second-order valence-corrected chi connectivity index (χ2v) is 7.46. The normalized spacial score (nSPS) is 18.8. The summed E-state index contributed by atoms with van der Waals surface area (Å²) in [5, 5.41) is 4.58. The first-order valence-corrected chi connectivity index (χ1v) is 9.18. The molecule has 1 fully saturated rings. The summed E-state index contributed by atoms with van der Waals surface area (Å²) in [5.41, 5.74) is 1.20. The van der Waals surface area contributed by atoms with Gasteiger partial charge in [0.2, 0.25) is 10.0 Å². The van der Waals surface area contributed by atoms with Crippen LogP contribution in [-0.2, 0) is 16.6 Å². The van der Waals surface area contributed by atoms with Crippen molar-refractivity contribution >= 4 is 15.8 Å². The van der Waals surface area contributed by atoms with Crippen LogP contribution in [0.3, 0.4) is 0 Å². The fourth-order valence-corrected chi connectivity index (χ4v) is 3.54. The number of sulfonamides is 1. The highest BCUT2D eigenvalue weighted by Gasteiger charge is 2.26. The molecule has 22 heavy (non-hydrogen) atoms. The minimum Gasteiger partial charge on any atom is -0.353 e. The Bertz CT molecular complexity index is 727. The van der Waals surface area contributed by atoms with Gasteiger partial charge >= 0.3 is 0 Å². The highest BCUT2D eigenvalue weighted by atomic mass is 32.2. The lowest BCUT2D eigenvalue weighted by atomic mass is 10.2. The lowest BCUT2D eigenvalue weighted by Crippen LogP contribution is -2.36. The van der Waals surface area contributed by atoms with E-state index in [1.165, 1.54) is 11.8 Å². The molecule has 0 spiro atoms. The van der Waals surface area contributed by atoms with Crippen molar-refractivity contribution in [1.82, 2.24) is 14.5 Å². The van der Waals surface area contributed by atoms with E-state index in [4.69, 9.17) is 0 Å². The Morgan fingerprint density at radius 1 is 1.27 bits per heavy atom. The van der Waals surface area contributed by atoms with Crippen LogP contribution in [0.25, 0.3) is 0 Å². The predicted molar refractivity (Wildman–Crippen MR) is 86.4 cm³/mol. The molecule has 0 amide bonds. The van der Waals surface area contributed by atoms with Gasteiger partial charge in [-0.15, -0.1) is 0 Å². The van der Waals surface area contributed by atoms with Crippen molar-refractivity contribution in [1.29, 1.82) is 0 Å². The quantitative estimate of drug-likeness (QED) is 0.894. The molecule has 7 heteroatoms. The van der Waals surface area contributed by atoms with Gasteiger partial charge in [0.25, 0.3) is 0 Å². The second-order valence-electron chi connectivity index (χ2n) is 5.68. The number of rotatable bonds is 5. The molecule has 1 atom stereocenters. The summed E-state index contributed by atoms with van der Waals surface area (Å²) < 4.78 is 27.1. The Balaban J connectivity index is 1.62. The average Bonchev–Trinajstić information content (AvgIpc) is 3.07. The van der Waals surface area contributed by atoms with Gasteiger partial charge in [-0.05, 0) is 12.0 Å². The minimum absolute atomic E-state index is 0.0331. The highest BCUT2D eigenvalue weighted by Crippen LogP contribution is 2.18. The highest BCUT2D eigenvalue weighted by molar-refractivity contribution is 7.88. The molecule has 1 aliphatic heterocycles. The SMILES string of the molecule is CS(=O)(=O)NC1CCN(c2ccn(Cc3ccccc3)n2)C1. The number of nitrogens with zero attached hydrogens (tertiary/aromatic N) is 3. The lowest BCUT2D eigenvalue weighted by Gasteiger charge is -2.15. The molecule has 1 saturated heterocycles. The molecule has 3 rings (SSSR count). The Hall–Kier alpha value is -1.86. The molecule has 0 aliphatic carbocycles. The van der Waals surface area contributed by atoms with E-state index in [0.29, 0.717) is 6.54 Å². The number of hydrogen-bond donors (Lipinski definition) is 1. The maximum atomic E-state index is 11.3. The first-order valence-electron chi connectivity index (χ1n) is 7.29. The van der Waals surface area contributed by atoms with E-state index in [9.17, 15) is 8.42 Å². The van der Waals surface area contributed by atoms with Gasteiger partial charge in [0.1, 0.15) is 0 Å². The third kappa shape index (κ3) is 3.86. The van der Waals surface area contributed by atoms with Gasteiger partial charge in [-0.2, -0.15) is 5.10 Å². The lowest BCUT2D eigenvalue weighted by molar-refractivity contribution is 0.567. The third-order valence-electron chi connectivity index (χ3n) is 3.71. The molecular weight excluding hydrogens is 300 g/mol. The Labute approximate surface area is 130 Å². The van der Waals surface area contributed by atoms with Gasteiger partial charge in [0.15, 0.2) is 5.82 Å². The van der Waals surface area contributed by atoms with Gasteiger partial charge in [0, 0.05) is 31.4 Å². The molecule has 2 aromatic rings. The number of anilines is 1. The minimum atomic E-state index is -3.15. The molecule has 118 valence electrons. The first kappa shape index (κ1) is 15.1. The largest absolute Gasteiger partial charge is 0.353 e. The molecule has 6 nitrogen and oxygen atoms in total. The molecular formula is C15H20N4O2S. The van der Waals surface area contributed by atoms with Gasteiger partial charge < -0.3 is 4.90 Å². The van der Waals surface area contributed by atoms with Crippen LogP contribution >= 0.6 is 0 Å². The van der Waals surface area contributed by atoms with Gasteiger partial charge in [-0.3, -0.25) is 4.68 Å². The molecule has 1 aromatic carbocycles. The zero-order valence-corrected chi connectivity index (χ0v) is 13.3. The van der Waals surface area contributed by atoms with Crippen LogP contribution in [0, 0.1) is 0 Å². The van der Waals surface area contributed by atoms with Crippen LogP contribution in [0.5, 0.6) is 0 Å². The Kier molecular flexibility index (Phi) is 4.17. The van der Waals surface area contributed by atoms with Gasteiger partial charge in [-0.1, -0.05) is 30.3 Å². The Morgan fingerprint density at radius 3 is 2.77 bits per heavy atom. The van der Waals surface area contributed by atoms with E-state index in [1.807, 2.05) is 35.1 Å². The zero-order valence-electron chi connectivity index (χ0n) is 12.5. The Morgan fingerprint density at radius 2 is 2.05 bits per heavy atom. The van der Waals surface area contributed by atoms with Gasteiger partial charge in [-0.25, -0.2) is 13.1 Å². The van der Waals surface area contributed by atoms with Crippen molar-refractivity contribution in [3.63, 3.8) is 0 Å². The van der Waals surface area contributed by atoms with E-state index in [-0.39, 0.29) is 6.04 Å². The summed E-state index contributed by atoms with van der Waals surface area (Å²) in [5.74, 6) is 0.897. The summed E-state index contributed by atoms with van der Waals surface area (Å²) in [7, 11) is -3.15. The number of nitrogens with one attached hydrogen (secondary N) is 1. The van der Waals surface area contributed by atoms with E-state index < -0.39 is 10.0 Å². The van der Waals surface area contributed by atoms with Crippen molar-refractivity contribution in [3.8, 4) is 0 Å². The van der Waals surface area contributed by atoms with Gasteiger partial charge in [0.05, 0.1) is 12.8 Å². The standard InChI is InChI=1S/C15H20N4O2S/c1-22(20,21)17-14-7-9-18(12-14)15-8-10-19(16-15)11-13-5-3-2-4-6-13/h2-6,8,10,14,17H,7,9,11-12H2,1H3. The van der Waals surface area contributed by atoms with Crippen molar-refractivity contribution in [3.05, 3.63) is 48.2 Å². The fraction of sp³-hybridized carbons (Fsp3) is 0.400. The fourth-order valence-electron chi connectivity index (χ4n) is 2.75. The van der Waals surface area contributed by atoms with Crippen LogP contribution in [0.15, 0.2) is 42.6 Å². The molecule has 0 radical (unpaired) electrons. The maximum Gasteiger partial charge on any atom is 0.209 e. The molecule has 0 saturated carbocycles. The van der Waals surface area contributed by atoms with Crippen LogP contribution in [0.2, 0.25) is 0 Å². The second kappa shape index (κ2) is 6.10. The van der Waals surface area contributed by atoms with E-state index >= 15 is 0 Å². The molecule has 1 aliphatic rings. The average molecular weight is 320 g/mol. The molecule has 0 bridgehead atoms. The van der Waals surface area contributed by atoms with E-state index in [0.717, 1.165) is 25.3 Å². The van der Waals surface area contributed by atoms with Crippen LogP contribution < -0.4 is 9.62 Å². The summed E-state index contributed by atoms with van der Waals surface area (Å²) >= 11 is 0. The predicted octanol–water partition coefficient (Wildman–Crippen LogP) is 1.06. The third-order valence-corrected chi connectivity index (χ3v) is 4.47. The number of hydrogen-bond acceptors (Lipinski definition) is 4. The number of aromatic nitrogens is 2. The summed E-state index contributed by atoms with van der Waals surface area (Å²) in [6.45, 7) is 2.21. The molecule has 1 N–H and O–H groups in total. The topological polar surface area (TPSA) is 67.2 Å². The smallest absolute Gasteiger partial charge is 0.209 e. The monoisotopic (exact) mass is 320 g/mol. The zero-order chi connectivity index (χ0) is 15.6. The van der Waals surface area contributed by atoms with E-state index in [2.05, 4.69) is 26.9 Å². The maximum absolute atomic E-state index is 11.3. The summed E-state index contributed by atoms with van der Waals surface area (Å²) in [6, 6.07) is 12.1. The summed E-state index contributed by atoms with van der Waals surface area (Å²) in [6.07, 6.45) is 3.96. The van der Waals surface area contributed by atoms with Crippen LogP contribution in [-0.4, -0.2) is 43.6 Å². The molecule has 2 heterocycles. The van der Waals surface area contributed by atoms with E-state index in [1.54, 1.807) is 0 Å². The summed E-state index contributed by atoms with van der Waals surface area (Å²) in [4.78, 5) is 2.12. The first-order chi connectivity index (χ1) is 10.5. The van der Waals surface area contributed by atoms with Crippen molar-refractivity contribution in [2.45, 2.75) is 19.0 Å². The van der Waals surface area contributed by atoms with Crippen LogP contribution in [0.4, 0.5) is 5.82 Å². The molecule has 1 unspecified atom stereocenters. The van der Waals surface area contributed by atoms with Crippen LogP contribution in [0.1, 0.15) is 12.0 Å². The van der Waals surface area contributed by atoms with Crippen molar-refractivity contribution in [2.24, 2.45) is 0 Å². The number of benzene rings is 1. The van der Waals surface area contributed by atoms with Crippen molar-refractivity contribution < 1.29 is 8.42 Å².